The van der Waals surface area contributed by atoms with Crippen LogP contribution in [0.1, 0.15) is 62.4 Å². The molecule has 0 amide bonds. The van der Waals surface area contributed by atoms with Crippen molar-refractivity contribution in [3.8, 4) is 0 Å². The molecule has 0 spiro atoms. The van der Waals surface area contributed by atoms with Crippen molar-refractivity contribution in [3.63, 3.8) is 0 Å². The number of ether oxygens (including phenoxy) is 1. The smallest absolute Gasteiger partial charge is 0.214 e. The molecule has 2 aliphatic heterocycles. The lowest BCUT2D eigenvalue weighted by Gasteiger charge is -2.38. The first-order chi connectivity index (χ1) is 15.3. The van der Waals surface area contributed by atoms with Gasteiger partial charge in [-0.3, -0.25) is 0 Å². The third kappa shape index (κ3) is 4.66. The largest absolute Gasteiger partial charge is 0.376 e. The van der Waals surface area contributed by atoms with Gasteiger partial charge in [-0.15, -0.1) is 5.10 Å². The van der Waals surface area contributed by atoms with Gasteiger partial charge in [-0.1, -0.05) is 18.6 Å². The Hall–Kier alpha value is -1.90. The summed E-state index contributed by atoms with van der Waals surface area (Å²) >= 11 is 0. The number of tetrazole rings is 1. The molecule has 1 aromatic heterocycles. The van der Waals surface area contributed by atoms with Crippen LogP contribution in [0.4, 0.5) is 4.39 Å². The second kappa shape index (κ2) is 9.71. The van der Waals surface area contributed by atoms with Gasteiger partial charge in [0.2, 0.25) is 5.82 Å². The van der Waals surface area contributed by atoms with E-state index in [-0.39, 0.29) is 18.0 Å². The van der Waals surface area contributed by atoms with Gasteiger partial charge in [0.15, 0.2) is 6.04 Å². The highest BCUT2D eigenvalue weighted by Gasteiger charge is 2.39. The van der Waals surface area contributed by atoms with Gasteiger partial charge < -0.3 is 14.5 Å². The van der Waals surface area contributed by atoms with Crippen LogP contribution in [-0.2, 0) is 11.3 Å². The van der Waals surface area contributed by atoms with Crippen molar-refractivity contribution in [2.45, 2.75) is 69.7 Å². The van der Waals surface area contributed by atoms with Crippen LogP contribution in [0, 0.1) is 5.82 Å². The van der Waals surface area contributed by atoms with Crippen LogP contribution < -0.4 is 9.80 Å². The minimum Gasteiger partial charge on any atom is -0.376 e. The number of hydrogen-bond donors (Lipinski definition) is 2. The van der Waals surface area contributed by atoms with Crippen molar-refractivity contribution in [1.82, 2.24) is 20.2 Å². The van der Waals surface area contributed by atoms with Gasteiger partial charge in [-0.2, -0.15) is 0 Å². The minimum absolute atomic E-state index is 0.145. The molecule has 1 aromatic carbocycles. The highest BCUT2D eigenvalue weighted by molar-refractivity contribution is 5.24. The molecule has 1 saturated carbocycles. The fourth-order valence-electron chi connectivity index (χ4n) is 5.88. The molecule has 2 saturated heterocycles. The number of quaternary nitrogens is 2. The van der Waals surface area contributed by atoms with E-state index in [4.69, 9.17) is 4.74 Å². The van der Waals surface area contributed by atoms with E-state index in [2.05, 4.69) is 15.5 Å². The zero-order valence-electron chi connectivity index (χ0n) is 18.3. The van der Waals surface area contributed by atoms with E-state index in [1.54, 1.807) is 17.0 Å². The fourth-order valence-corrected chi connectivity index (χ4v) is 5.88. The number of piperazine rings is 1. The predicted octanol–water partition coefficient (Wildman–Crippen LogP) is 0.197. The fraction of sp³-hybridized carbons (Fsp3) is 0.696. The van der Waals surface area contributed by atoms with E-state index in [1.807, 2.05) is 16.8 Å². The number of rotatable bonds is 6. The zero-order chi connectivity index (χ0) is 21.0. The Morgan fingerprint density at radius 2 is 1.84 bits per heavy atom. The van der Waals surface area contributed by atoms with Crippen LogP contribution in [0.15, 0.2) is 24.3 Å². The first-order valence-electron chi connectivity index (χ1n) is 12.1. The Kier molecular flexibility index (Phi) is 6.57. The number of halogens is 1. The Balaban J connectivity index is 1.38. The molecule has 7 nitrogen and oxygen atoms in total. The minimum atomic E-state index is -0.189. The van der Waals surface area contributed by atoms with Crippen molar-refractivity contribution in [1.29, 1.82) is 0 Å². The zero-order valence-corrected chi connectivity index (χ0v) is 18.3. The van der Waals surface area contributed by atoms with Gasteiger partial charge in [-0.05, 0) is 61.1 Å². The van der Waals surface area contributed by atoms with Crippen LogP contribution in [0.2, 0.25) is 0 Å². The van der Waals surface area contributed by atoms with Crippen molar-refractivity contribution in [3.05, 3.63) is 41.5 Å². The van der Waals surface area contributed by atoms with E-state index in [0.717, 1.165) is 57.5 Å². The van der Waals surface area contributed by atoms with Gasteiger partial charge in [0, 0.05) is 6.61 Å². The predicted molar refractivity (Wildman–Crippen MR) is 113 cm³/mol. The van der Waals surface area contributed by atoms with Gasteiger partial charge in [0.05, 0.1) is 24.3 Å². The van der Waals surface area contributed by atoms with Gasteiger partial charge in [-0.25, -0.2) is 9.07 Å². The molecule has 5 rings (SSSR count). The Labute approximate surface area is 183 Å². The third-order valence-electron chi connectivity index (χ3n) is 7.56. The molecule has 2 N–H and O–H groups in total. The maximum atomic E-state index is 15.0. The molecule has 3 fully saturated rings. The van der Waals surface area contributed by atoms with Crippen LogP contribution in [0.5, 0.6) is 0 Å². The summed E-state index contributed by atoms with van der Waals surface area (Å²) in [6.45, 7) is 5.74. The Morgan fingerprint density at radius 3 is 2.58 bits per heavy atom. The summed E-state index contributed by atoms with van der Waals surface area (Å²) in [5.74, 6) is 0.588. The van der Waals surface area contributed by atoms with Crippen LogP contribution in [-0.4, -0.2) is 65.1 Å². The molecule has 3 aliphatic rings. The molecular weight excluding hydrogens is 395 g/mol. The average molecular weight is 431 g/mol. The lowest BCUT2D eigenvalue weighted by atomic mass is 9.93. The highest BCUT2D eigenvalue weighted by atomic mass is 19.1. The number of aromatic nitrogens is 4. The Morgan fingerprint density at radius 1 is 1.03 bits per heavy atom. The summed E-state index contributed by atoms with van der Waals surface area (Å²) in [6.07, 6.45) is 9.12. The van der Waals surface area contributed by atoms with E-state index in [0.29, 0.717) is 12.1 Å². The summed E-state index contributed by atoms with van der Waals surface area (Å²) in [5, 5.41) is 12.7. The normalized spacial score (nSPS) is 28.6. The molecule has 1 aliphatic carbocycles. The molecule has 0 bridgehead atoms. The summed E-state index contributed by atoms with van der Waals surface area (Å²) in [4.78, 5) is 3.11. The highest BCUT2D eigenvalue weighted by Crippen LogP contribution is 2.22. The number of nitrogens with one attached hydrogen (secondary N) is 2. The molecule has 8 heteroatoms. The van der Waals surface area contributed by atoms with Crippen molar-refractivity contribution in [2.24, 2.45) is 0 Å². The first-order valence-corrected chi connectivity index (χ1v) is 12.1. The van der Waals surface area contributed by atoms with E-state index in [1.165, 1.54) is 37.0 Å². The lowest BCUT2D eigenvalue weighted by molar-refractivity contribution is -1.03. The van der Waals surface area contributed by atoms with E-state index < -0.39 is 0 Å². The number of nitrogens with zero attached hydrogens (tertiary/aromatic N) is 4. The maximum Gasteiger partial charge on any atom is 0.214 e. The van der Waals surface area contributed by atoms with Crippen LogP contribution >= 0.6 is 0 Å². The summed E-state index contributed by atoms with van der Waals surface area (Å²) in [7, 11) is 0. The monoisotopic (exact) mass is 430 g/mol. The van der Waals surface area contributed by atoms with Gasteiger partial charge in [0.25, 0.3) is 0 Å². The van der Waals surface area contributed by atoms with Crippen molar-refractivity contribution >= 4 is 0 Å². The average Bonchev–Trinajstić information content (AvgIpc) is 3.49. The third-order valence-corrected chi connectivity index (χ3v) is 7.56. The van der Waals surface area contributed by atoms with Gasteiger partial charge >= 0.3 is 0 Å². The summed E-state index contributed by atoms with van der Waals surface area (Å²) in [5.41, 5.74) is 0.696. The SMILES string of the molecule is Fc1ccccc1[C@H](c1nnnn1C[C@@H]1CCCO1)[NH+]1CC[NH+](C2CCCCC2)CC1. The van der Waals surface area contributed by atoms with Crippen molar-refractivity contribution in [2.75, 3.05) is 32.8 Å². The second-order valence-electron chi connectivity index (χ2n) is 9.46. The molecular formula is C23H35FN6O+2. The van der Waals surface area contributed by atoms with E-state index in [9.17, 15) is 4.39 Å². The van der Waals surface area contributed by atoms with Crippen LogP contribution in [0.25, 0.3) is 0 Å². The molecule has 0 unspecified atom stereocenters. The topological polar surface area (TPSA) is 61.7 Å². The molecule has 0 radical (unpaired) electrons. The molecule has 31 heavy (non-hydrogen) atoms. The molecule has 2 atom stereocenters. The number of hydrogen-bond acceptors (Lipinski definition) is 4. The van der Waals surface area contributed by atoms with Gasteiger partial charge in [0.1, 0.15) is 32.0 Å². The number of benzene rings is 1. The quantitative estimate of drug-likeness (QED) is 0.687. The summed E-state index contributed by atoms with van der Waals surface area (Å²) in [6, 6.07) is 7.75. The van der Waals surface area contributed by atoms with Crippen molar-refractivity contribution < 1.29 is 18.9 Å². The molecule has 2 aromatic rings. The van der Waals surface area contributed by atoms with E-state index >= 15 is 0 Å². The molecule has 3 heterocycles. The molecule has 168 valence electrons. The lowest BCUT2D eigenvalue weighted by Crippen LogP contribution is -3.29. The second-order valence-corrected chi connectivity index (χ2v) is 9.46. The summed E-state index contributed by atoms with van der Waals surface area (Å²) < 4.78 is 22.6. The Bertz CT molecular complexity index is 840. The van der Waals surface area contributed by atoms with Crippen LogP contribution in [0.3, 0.4) is 0 Å². The standard InChI is InChI=1S/C23H33FN6O/c24-21-11-5-4-10-20(21)22(23-25-26-27-30(23)17-19-9-6-16-31-19)29-14-12-28(13-15-29)18-7-2-1-3-8-18/h4-5,10-11,18-19,22H,1-3,6-9,12-17H2/p+2/t19-,22+/m0/s1. The first kappa shape index (κ1) is 21.0. The maximum absolute atomic E-state index is 15.0.